The number of aromatic nitrogens is 1. The van der Waals surface area contributed by atoms with Crippen LogP contribution in [0.2, 0.25) is 0 Å². The molecule has 0 spiro atoms. The summed E-state index contributed by atoms with van der Waals surface area (Å²) in [4.78, 5) is 29.8. The lowest BCUT2D eigenvalue weighted by molar-refractivity contribution is -0.136. The van der Waals surface area contributed by atoms with Crippen molar-refractivity contribution in [2.24, 2.45) is 5.92 Å². The molecule has 1 amide bonds. The number of carboxylic acids is 1. The number of hydrogen-bond acceptors (Lipinski definition) is 4. The SMILES string of the molecule is COC[C@H]1CCCN(C(=O)c2ccc(-c3ccc(CCC(=O)O)cc3)nc2)C1. The third-order valence-corrected chi connectivity index (χ3v) is 5.10. The molecule has 0 bridgehead atoms. The number of rotatable bonds is 7. The Morgan fingerprint density at radius 1 is 1.21 bits per heavy atom. The van der Waals surface area contributed by atoms with Gasteiger partial charge >= 0.3 is 5.97 Å². The number of benzene rings is 1. The molecule has 1 atom stereocenters. The number of aryl methyl sites for hydroxylation is 1. The van der Waals surface area contributed by atoms with Crippen LogP contribution in [0.15, 0.2) is 42.6 Å². The Hall–Kier alpha value is -2.73. The van der Waals surface area contributed by atoms with E-state index in [0.717, 1.165) is 42.8 Å². The van der Waals surface area contributed by atoms with E-state index in [-0.39, 0.29) is 12.3 Å². The van der Waals surface area contributed by atoms with Crippen LogP contribution in [-0.2, 0) is 16.0 Å². The molecule has 6 nitrogen and oxygen atoms in total. The number of piperidine rings is 1. The van der Waals surface area contributed by atoms with Gasteiger partial charge in [-0.05, 0) is 42.9 Å². The number of hydrogen-bond donors (Lipinski definition) is 1. The first-order valence-electron chi connectivity index (χ1n) is 9.62. The third-order valence-electron chi connectivity index (χ3n) is 5.10. The van der Waals surface area contributed by atoms with Crippen LogP contribution >= 0.6 is 0 Å². The molecule has 0 saturated carbocycles. The number of carbonyl (C=O) groups is 2. The van der Waals surface area contributed by atoms with Gasteiger partial charge in [0.05, 0.1) is 17.9 Å². The van der Waals surface area contributed by atoms with Gasteiger partial charge in [-0.15, -0.1) is 0 Å². The van der Waals surface area contributed by atoms with Crippen LogP contribution in [-0.4, -0.2) is 53.7 Å². The first kappa shape index (κ1) is 20.0. The van der Waals surface area contributed by atoms with Gasteiger partial charge in [-0.2, -0.15) is 0 Å². The fraction of sp³-hybridized carbons (Fsp3) is 0.409. The van der Waals surface area contributed by atoms with Crippen molar-refractivity contribution < 1.29 is 19.4 Å². The highest BCUT2D eigenvalue weighted by Gasteiger charge is 2.24. The predicted octanol–water partition coefficient (Wildman–Crippen LogP) is 3.26. The molecule has 2 aromatic rings. The molecule has 1 fully saturated rings. The van der Waals surface area contributed by atoms with E-state index in [9.17, 15) is 9.59 Å². The first-order chi connectivity index (χ1) is 13.6. The van der Waals surface area contributed by atoms with Crippen molar-refractivity contribution in [3.05, 3.63) is 53.7 Å². The Morgan fingerprint density at radius 2 is 2.00 bits per heavy atom. The van der Waals surface area contributed by atoms with E-state index in [4.69, 9.17) is 9.84 Å². The van der Waals surface area contributed by atoms with Crippen LogP contribution in [0.25, 0.3) is 11.3 Å². The lowest BCUT2D eigenvalue weighted by Crippen LogP contribution is -2.41. The second kappa shape index (κ2) is 9.46. The minimum absolute atomic E-state index is 0.0175. The zero-order valence-electron chi connectivity index (χ0n) is 16.1. The van der Waals surface area contributed by atoms with Gasteiger partial charge in [0.2, 0.25) is 0 Å². The molecule has 3 rings (SSSR count). The molecule has 0 radical (unpaired) electrons. The number of amides is 1. The Bertz CT molecular complexity index is 800. The van der Waals surface area contributed by atoms with E-state index >= 15 is 0 Å². The lowest BCUT2D eigenvalue weighted by atomic mass is 9.98. The fourth-order valence-corrected chi connectivity index (χ4v) is 3.59. The van der Waals surface area contributed by atoms with Crippen molar-refractivity contribution in [1.29, 1.82) is 0 Å². The van der Waals surface area contributed by atoms with E-state index in [1.807, 2.05) is 41.3 Å². The number of carbonyl (C=O) groups excluding carboxylic acids is 1. The van der Waals surface area contributed by atoms with Crippen LogP contribution < -0.4 is 0 Å². The normalized spacial score (nSPS) is 16.8. The summed E-state index contributed by atoms with van der Waals surface area (Å²) in [7, 11) is 1.70. The van der Waals surface area contributed by atoms with Gasteiger partial charge < -0.3 is 14.7 Å². The highest BCUT2D eigenvalue weighted by atomic mass is 16.5. The summed E-state index contributed by atoms with van der Waals surface area (Å²) in [5.74, 6) is -0.383. The van der Waals surface area contributed by atoms with Gasteiger partial charge in [0.25, 0.3) is 5.91 Å². The second-order valence-corrected chi connectivity index (χ2v) is 7.24. The maximum atomic E-state index is 12.8. The van der Waals surface area contributed by atoms with Crippen molar-refractivity contribution in [1.82, 2.24) is 9.88 Å². The fourth-order valence-electron chi connectivity index (χ4n) is 3.59. The lowest BCUT2D eigenvalue weighted by Gasteiger charge is -2.32. The maximum absolute atomic E-state index is 12.8. The zero-order chi connectivity index (χ0) is 19.9. The monoisotopic (exact) mass is 382 g/mol. The number of carboxylic acid groups (broad SMARTS) is 1. The van der Waals surface area contributed by atoms with Crippen LogP contribution in [0, 0.1) is 5.92 Å². The Balaban J connectivity index is 1.64. The van der Waals surface area contributed by atoms with Gasteiger partial charge in [0, 0.05) is 38.4 Å². The number of methoxy groups -OCH3 is 1. The van der Waals surface area contributed by atoms with Crippen molar-refractivity contribution >= 4 is 11.9 Å². The molecule has 28 heavy (non-hydrogen) atoms. The predicted molar refractivity (Wildman–Crippen MR) is 106 cm³/mol. The van der Waals surface area contributed by atoms with Gasteiger partial charge in [0.15, 0.2) is 0 Å². The quantitative estimate of drug-likeness (QED) is 0.795. The third kappa shape index (κ3) is 5.16. The molecule has 1 aromatic carbocycles. The molecule has 1 aliphatic heterocycles. The van der Waals surface area contributed by atoms with E-state index < -0.39 is 5.97 Å². The summed E-state index contributed by atoms with van der Waals surface area (Å²) in [5, 5.41) is 8.77. The molecular formula is C22H26N2O4. The number of nitrogens with zero attached hydrogens (tertiary/aromatic N) is 2. The Morgan fingerprint density at radius 3 is 2.64 bits per heavy atom. The number of pyridine rings is 1. The average molecular weight is 382 g/mol. The van der Waals surface area contributed by atoms with E-state index in [1.54, 1.807) is 13.3 Å². The van der Waals surface area contributed by atoms with Crippen molar-refractivity contribution in [3.8, 4) is 11.3 Å². The van der Waals surface area contributed by atoms with Crippen LogP contribution in [0.3, 0.4) is 0 Å². The first-order valence-corrected chi connectivity index (χ1v) is 9.62. The van der Waals surface area contributed by atoms with Crippen molar-refractivity contribution in [2.75, 3.05) is 26.8 Å². The number of likely N-dealkylation sites (tertiary alicyclic amines) is 1. The van der Waals surface area contributed by atoms with E-state index in [0.29, 0.717) is 24.5 Å². The molecule has 0 aliphatic carbocycles. The molecule has 1 saturated heterocycles. The average Bonchev–Trinajstić information content (AvgIpc) is 2.73. The molecule has 1 aliphatic rings. The van der Waals surface area contributed by atoms with Crippen molar-refractivity contribution in [2.45, 2.75) is 25.7 Å². The molecule has 1 aromatic heterocycles. The van der Waals surface area contributed by atoms with E-state index in [1.165, 1.54) is 0 Å². The summed E-state index contributed by atoms with van der Waals surface area (Å²) < 4.78 is 5.24. The summed E-state index contributed by atoms with van der Waals surface area (Å²) in [5.41, 5.74) is 3.31. The molecule has 6 heteroatoms. The molecule has 0 unspecified atom stereocenters. The van der Waals surface area contributed by atoms with Gasteiger partial charge in [-0.1, -0.05) is 24.3 Å². The highest BCUT2D eigenvalue weighted by molar-refractivity contribution is 5.94. The number of aliphatic carboxylic acids is 1. The zero-order valence-corrected chi connectivity index (χ0v) is 16.1. The topological polar surface area (TPSA) is 79.7 Å². The molecular weight excluding hydrogens is 356 g/mol. The molecule has 148 valence electrons. The van der Waals surface area contributed by atoms with Crippen molar-refractivity contribution in [3.63, 3.8) is 0 Å². The highest BCUT2D eigenvalue weighted by Crippen LogP contribution is 2.21. The number of ether oxygens (including phenoxy) is 1. The van der Waals surface area contributed by atoms with E-state index in [2.05, 4.69) is 4.98 Å². The summed E-state index contributed by atoms with van der Waals surface area (Å²) in [6.07, 6.45) is 4.36. The largest absolute Gasteiger partial charge is 0.481 e. The second-order valence-electron chi connectivity index (χ2n) is 7.24. The van der Waals surface area contributed by atoms with Crippen LogP contribution in [0.5, 0.6) is 0 Å². The Labute approximate surface area is 165 Å². The minimum Gasteiger partial charge on any atom is -0.481 e. The molecule has 2 heterocycles. The minimum atomic E-state index is -0.798. The van der Waals surface area contributed by atoms with Crippen LogP contribution in [0.4, 0.5) is 0 Å². The summed E-state index contributed by atoms with van der Waals surface area (Å²) in [6.45, 7) is 2.19. The van der Waals surface area contributed by atoms with Crippen LogP contribution in [0.1, 0.15) is 35.2 Å². The van der Waals surface area contributed by atoms with Gasteiger partial charge in [-0.25, -0.2) is 0 Å². The molecule has 1 N–H and O–H groups in total. The summed E-state index contributed by atoms with van der Waals surface area (Å²) >= 11 is 0. The maximum Gasteiger partial charge on any atom is 0.303 e. The van der Waals surface area contributed by atoms with Gasteiger partial charge in [0.1, 0.15) is 0 Å². The standard InChI is InChI=1S/C22H26N2O4/c1-28-15-17-3-2-12-24(14-17)22(27)19-9-10-20(23-13-19)18-7-4-16(5-8-18)6-11-21(25)26/h4-5,7-10,13,17H,2-3,6,11-12,14-15H2,1H3,(H,25,26)/t17-/m0/s1. The Kier molecular flexibility index (Phi) is 6.76. The van der Waals surface area contributed by atoms with Gasteiger partial charge in [-0.3, -0.25) is 14.6 Å². The summed E-state index contributed by atoms with van der Waals surface area (Å²) in [6, 6.07) is 11.4. The smallest absolute Gasteiger partial charge is 0.303 e.